The molecule has 1 aliphatic carbocycles. The number of ketones is 1. The van der Waals surface area contributed by atoms with Crippen LogP contribution in [-0.4, -0.2) is 11.5 Å². The molecule has 2 aromatic rings. The van der Waals surface area contributed by atoms with E-state index in [1.54, 1.807) is 17.8 Å². The molecule has 0 radical (unpaired) electrons. The Balaban J connectivity index is 2.04. The Morgan fingerprint density at radius 1 is 0.864 bits per heavy atom. The Morgan fingerprint density at radius 3 is 2.50 bits per heavy atom. The maximum Gasteiger partial charge on any atom is 0.182 e. The predicted octanol–water partition coefficient (Wildman–Crippen LogP) is 4.66. The van der Waals surface area contributed by atoms with Crippen LogP contribution in [0.5, 0.6) is 0 Å². The van der Waals surface area contributed by atoms with Gasteiger partial charge in [0.05, 0.1) is 0 Å². The smallest absolute Gasteiger partial charge is 0.182 e. The first-order valence-electron chi connectivity index (χ1n) is 7.28. The molecular formula is C20H14OS. The van der Waals surface area contributed by atoms with Crippen LogP contribution < -0.4 is 0 Å². The lowest BCUT2D eigenvalue weighted by atomic mass is 9.89. The van der Waals surface area contributed by atoms with E-state index in [4.69, 9.17) is 0 Å². The second-order valence-corrected chi connectivity index (χ2v) is 6.37. The summed E-state index contributed by atoms with van der Waals surface area (Å²) in [5, 5.41) is 0. The van der Waals surface area contributed by atoms with E-state index in [1.807, 2.05) is 18.2 Å². The van der Waals surface area contributed by atoms with Crippen LogP contribution in [-0.2, 0) is 4.79 Å². The Hall–Kier alpha value is -2.32. The van der Waals surface area contributed by atoms with Crippen molar-refractivity contribution in [2.24, 2.45) is 0 Å². The highest BCUT2D eigenvalue weighted by Crippen LogP contribution is 2.39. The van der Waals surface area contributed by atoms with Crippen LogP contribution in [0.4, 0.5) is 0 Å². The van der Waals surface area contributed by atoms with Crippen molar-refractivity contribution in [3.05, 3.63) is 95.1 Å². The van der Waals surface area contributed by atoms with Crippen LogP contribution in [0.3, 0.4) is 0 Å². The van der Waals surface area contributed by atoms with Crippen LogP contribution in [0.2, 0.25) is 0 Å². The highest BCUT2D eigenvalue weighted by Gasteiger charge is 2.21. The minimum atomic E-state index is 0.128. The third-order valence-electron chi connectivity index (χ3n) is 3.95. The molecule has 0 atom stereocenters. The summed E-state index contributed by atoms with van der Waals surface area (Å²) in [6.45, 7) is 0. The average molecular weight is 302 g/mol. The van der Waals surface area contributed by atoms with E-state index in [-0.39, 0.29) is 5.78 Å². The van der Waals surface area contributed by atoms with Gasteiger partial charge < -0.3 is 0 Å². The van der Waals surface area contributed by atoms with Gasteiger partial charge in [-0.1, -0.05) is 54.6 Å². The third kappa shape index (κ3) is 2.26. The molecule has 2 aliphatic rings. The lowest BCUT2D eigenvalue weighted by Crippen LogP contribution is -2.09. The van der Waals surface area contributed by atoms with E-state index < -0.39 is 0 Å². The molecule has 4 rings (SSSR count). The zero-order valence-corrected chi connectivity index (χ0v) is 12.8. The van der Waals surface area contributed by atoms with Gasteiger partial charge in [0, 0.05) is 16.2 Å². The van der Waals surface area contributed by atoms with Crippen LogP contribution in [0.1, 0.15) is 11.1 Å². The Labute approximate surface area is 134 Å². The monoisotopic (exact) mass is 302 g/mol. The third-order valence-corrected chi connectivity index (χ3v) is 5.07. The average Bonchev–Trinajstić information content (AvgIpc) is 2.55. The number of fused-ring (bicyclic) bond motifs is 2. The second kappa shape index (κ2) is 5.47. The fourth-order valence-electron chi connectivity index (χ4n) is 2.88. The van der Waals surface area contributed by atoms with Gasteiger partial charge in [-0.15, -0.1) is 11.8 Å². The molecule has 0 saturated carbocycles. The van der Waals surface area contributed by atoms with Gasteiger partial charge >= 0.3 is 0 Å². The molecule has 0 unspecified atom stereocenters. The number of rotatable bonds is 1. The first-order chi connectivity index (χ1) is 10.8. The largest absolute Gasteiger partial charge is 0.290 e. The molecular weight excluding hydrogens is 288 g/mol. The lowest BCUT2D eigenvalue weighted by molar-refractivity contribution is -0.111. The van der Waals surface area contributed by atoms with E-state index in [2.05, 4.69) is 48.5 Å². The Morgan fingerprint density at radius 2 is 1.64 bits per heavy atom. The maximum absolute atomic E-state index is 12.0. The van der Waals surface area contributed by atoms with E-state index in [0.717, 1.165) is 16.9 Å². The summed E-state index contributed by atoms with van der Waals surface area (Å²) < 4.78 is 0. The summed E-state index contributed by atoms with van der Waals surface area (Å²) in [4.78, 5) is 13.3. The topological polar surface area (TPSA) is 17.1 Å². The molecule has 1 aliphatic heterocycles. The van der Waals surface area contributed by atoms with Crippen molar-refractivity contribution in [1.82, 2.24) is 0 Å². The SMILES string of the molecule is O=C1C=C/C2=C(\c3ccccc3)c3ccccc3SCC1=C2. The van der Waals surface area contributed by atoms with Crippen molar-refractivity contribution >= 4 is 23.1 Å². The molecule has 0 aromatic heterocycles. The van der Waals surface area contributed by atoms with Crippen molar-refractivity contribution < 1.29 is 4.79 Å². The van der Waals surface area contributed by atoms with E-state index >= 15 is 0 Å². The van der Waals surface area contributed by atoms with Crippen molar-refractivity contribution in [3.63, 3.8) is 0 Å². The standard InChI is InChI=1S/C20H14OS/c21-18-11-10-15-12-16(18)13-22-19-9-5-4-8-17(19)20(15)14-6-2-1-3-7-14/h1-12H,13H2/b20-15-. The van der Waals surface area contributed by atoms with Crippen LogP contribution in [0.15, 0.2) is 88.9 Å². The Bertz CT molecular complexity index is 841. The van der Waals surface area contributed by atoms with Crippen LogP contribution >= 0.6 is 11.8 Å². The molecule has 2 aromatic carbocycles. The molecule has 1 nitrogen and oxygen atoms in total. The molecule has 2 heteroatoms. The quantitative estimate of drug-likeness (QED) is 0.762. The molecule has 0 fully saturated rings. The van der Waals surface area contributed by atoms with Gasteiger partial charge in [0.15, 0.2) is 5.78 Å². The number of allylic oxidation sites excluding steroid dienone is 4. The fraction of sp³-hybridized carbons (Fsp3) is 0.0500. The highest BCUT2D eigenvalue weighted by molar-refractivity contribution is 7.99. The normalized spacial score (nSPS) is 20.0. The highest BCUT2D eigenvalue weighted by atomic mass is 32.2. The number of hydrogen-bond donors (Lipinski definition) is 0. The van der Waals surface area contributed by atoms with E-state index in [1.165, 1.54) is 21.6 Å². The summed E-state index contributed by atoms with van der Waals surface area (Å²) in [7, 11) is 0. The zero-order valence-electron chi connectivity index (χ0n) is 12.0. The number of thioether (sulfide) groups is 1. The van der Waals surface area contributed by atoms with E-state index in [9.17, 15) is 4.79 Å². The summed E-state index contributed by atoms with van der Waals surface area (Å²) >= 11 is 1.74. The van der Waals surface area contributed by atoms with Gasteiger partial charge in [0.2, 0.25) is 0 Å². The van der Waals surface area contributed by atoms with Gasteiger partial charge in [0.1, 0.15) is 0 Å². The molecule has 0 saturated heterocycles. The summed E-state index contributed by atoms with van der Waals surface area (Å²) in [5.41, 5.74) is 5.62. The number of carbonyl (C=O) groups excluding carboxylic acids is 1. The molecule has 106 valence electrons. The first kappa shape index (κ1) is 13.4. The number of carbonyl (C=O) groups is 1. The van der Waals surface area contributed by atoms with Gasteiger partial charge in [0.25, 0.3) is 0 Å². The van der Waals surface area contributed by atoms with E-state index in [0.29, 0.717) is 0 Å². The molecule has 1 heterocycles. The number of hydrogen-bond acceptors (Lipinski definition) is 2. The number of benzene rings is 2. The molecule has 0 amide bonds. The molecule has 0 spiro atoms. The predicted molar refractivity (Wildman–Crippen MR) is 91.9 cm³/mol. The fourth-order valence-corrected chi connectivity index (χ4v) is 3.92. The van der Waals surface area contributed by atoms with Crippen molar-refractivity contribution in [2.75, 3.05) is 5.75 Å². The molecule has 2 bridgehead atoms. The van der Waals surface area contributed by atoms with Crippen molar-refractivity contribution in [1.29, 1.82) is 0 Å². The Kier molecular flexibility index (Phi) is 3.32. The van der Waals surface area contributed by atoms with Gasteiger partial charge in [-0.3, -0.25) is 4.79 Å². The maximum atomic E-state index is 12.0. The summed E-state index contributed by atoms with van der Waals surface area (Å²) in [5.74, 6) is 0.856. The van der Waals surface area contributed by atoms with Crippen molar-refractivity contribution in [3.8, 4) is 0 Å². The van der Waals surface area contributed by atoms with Gasteiger partial charge in [-0.05, 0) is 40.5 Å². The minimum absolute atomic E-state index is 0.128. The summed E-state index contributed by atoms with van der Waals surface area (Å²) in [6.07, 6.45) is 5.69. The minimum Gasteiger partial charge on any atom is -0.290 e. The molecule has 0 N–H and O–H groups in total. The molecule has 22 heavy (non-hydrogen) atoms. The van der Waals surface area contributed by atoms with Gasteiger partial charge in [-0.2, -0.15) is 0 Å². The van der Waals surface area contributed by atoms with Gasteiger partial charge in [-0.25, -0.2) is 0 Å². The van der Waals surface area contributed by atoms with Crippen LogP contribution in [0.25, 0.3) is 5.57 Å². The lowest BCUT2D eigenvalue weighted by Gasteiger charge is -2.21. The van der Waals surface area contributed by atoms with Crippen molar-refractivity contribution in [2.45, 2.75) is 4.90 Å². The summed E-state index contributed by atoms with van der Waals surface area (Å²) in [6, 6.07) is 18.8. The first-order valence-corrected chi connectivity index (χ1v) is 8.26. The second-order valence-electron chi connectivity index (χ2n) is 5.35. The zero-order chi connectivity index (χ0) is 14.9. The van der Waals surface area contributed by atoms with Crippen LogP contribution in [0, 0.1) is 0 Å².